The summed E-state index contributed by atoms with van der Waals surface area (Å²) in [5, 5.41) is 9.97. The predicted molar refractivity (Wildman–Crippen MR) is 60.0 cm³/mol. The molecule has 0 aromatic carbocycles. The SMILES string of the molecule is Cn1ncc(Br)c1C(NN)c1csnn1. The highest BCUT2D eigenvalue weighted by molar-refractivity contribution is 9.10. The largest absolute Gasteiger partial charge is 0.270 e. The maximum Gasteiger partial charge on any atom is 0.109 e. The van der Waals surface area contributed by atoms with Crippen LogP contribution in [0.15, 0.2) is 16.0 Å². The van der Waals surface area contributed by atoms with Crippen molar-refractivity contribution in [1.29, 1.82) is 0 Å². The Hall–Kier alpha value is -0.830. The molecule has 0 saturated carbocycles. The first kappa shape index (κ1) is 10.7. The van der Waals surface area contributed by atoms with Crippen LogP contribution >= 0.6 is 27.5 Å². The lowest BCUT2D eigenvalue weighted by Crippen LogP contribution is -2.30. The van der Waals surface area contributed by atoms with Crippen LogP contribution in [0.5, 0.6) is 0 Å². The Balaban J connectivity index is 2.44. The van der Waals surface area contributed by atoms with E-state index in [1.165, 1.54) is 11.5 Å². The molecule has 80 valence electrons. The first-order chi connectivity index (χ1) is 7.24. The fourth-order valence-corrected chi connectivity index (χ4v) is 2.40. The molecular weight excluding hydrogens is 280 g/mol. The molecule has 2 rings (SSSR count). The Morgan fingerprint density at radius 1 is 1.67 bits per heavy atom. The zero-order valence-corrected chi connectivity index (χ0v) is 10.3. The van der Waals surface area contributed by atoms with Crippen molar-refractivity contribution < 1.29 is 0 Å². The molecule has 0 amide bonds. The number of aromatic nitrogens is 4. The summed E-state index contributed by atoms with van der Waals surface area (Å²) < 4.78 is 6.45. The van der Waals surface area contributed by atoms with Gasteiger partial charge in [0.05, 0.1) is 22.1 Å². The first-order valence-electron chi connectivity index (χ1n) is 4.14. The van der Waals surface area contributed by atoms with Gasteiger partial charge < -0.3 is 0 Å². The molecule has 2 aromatic rings. The quantitative estimate of drug-likeness (QED) is 0.638. The molecular formula is C7H9BrN6S. The third kappa shape index (κ3) is 1.93. The molecule has 8 heteroatoms. The normalized spacial score (nSPS) is 13.0. The number of nitrogens with zero attached hydrogens (tertiary/aromatic N) is 4. The smallest absolute Gasteiger partial charge is 0.109 e. The minimum atomic E-state index is -0.203. The molecule has 2 heterocycles. The number of aryl methyl sites for hydroxylation is 1. The first-order valence-corrected chi connectivity index (χ1v) is 5.77. The number of rotatable bonds is 3. The van der Waals surface area contributed by atoms with Crippen molar-refractivity contribution in [2.45, 2.75) is 6.04 Å². The number of nitrogens with one attached hydrogen (secondary N) is 1. The fourth-order valence-electron chi connectivity index (χ4n) is 1.35. The average molecular weight is 289 g/mol. The van der Waals surface area contributed by atoms with Crippen LogP contribution in [-0.2, 0) is 7.05 Å². The van der Waals surface area contributed by atoms with Crippen molar-refractivity contribution in [3.05, 3.63) is 27.4 Å². The Bertz CT molecular complexity index is 419. The van der Waals surface area contributed by atoms with Crippen LogP contribution in [0.1, 0.15) is 17.4 Å². The van der Waals surface area contributed by atoms with Gasteiger partial charge in [-0.05, 0) is 27.5 Å². The standard InChI is InChI=1S/C7H9BrN6S/c1-14-7(4(8)2-10-14)6(11-9)5-3-15-13-12-5/h2-3,6,11H,9H2,1H3. The lowest BCUT2D eigenvalue weighted by molar-refractivity contribution is 0.561. The fraction of sp³-hybridized carbons (Fsp3) is 0.286. The molecule has 0 aliphatic carbocycles. The molecule has 6 nitrogen and oxygen atoms in total. The molecule has 0 aliphatic rings. The highest BCUT2D eigenvalue weighted by Crippen LogP contribution is 2.26. The van der Waals surface area contributed by atoms with Gasteiger partial charge in [0.1, 0.15) is 6.04 Å². The van der Waals surface area contributed by atoms with E-state index in [4.69, 9.17) is 5.84 Å². The summed E-state index contributed by atoms with van der Waals surface area (Å²) >= 11 is 4.71. The second-order valence-electron chi connectivity index (χ2n) is 2.93. The molecule has 15 heavy (non-hydrogen) atoms. The summed E-state index contributed by atoms with van der Waals surface area (Å²) in [6.45, 7) is 0. The third-order valence-corrected chi connectivity index (χ3v) is 3.18. The molecule has 2 aromatic heterocycles. The van der Waals surface area contributed by atoms with Gasteiger partial charge in [-0.15, -0.1) is 5.10 Å². The van der Waals surface area contributed by atoms with Crippen LogP contribution in [0.25, 0.3) is 0 Å². The van der Waals surface area contributed by atoms with Gasteiger partial charge in [0, 0.05) is 12.4 Å². The van der Waals surface area contributed by atoms with E-state index in [2.05, 4.69) is 36.0 Å². The maximum absolute atomic E-state index is 5.52. The van der Waals surface area contributed by atoms with E-state index in [0.29, 0.717) is 0 Å². The van der Waals surface area contributed by atoms with Crippen molar-refractivity contribution in [3.63, 3.8) is 0 Å². The monoisotopic (exact) mass is 288 g/mol. The van der Waals surface area contributed by atoms with E-state index in [1.54, 1.807) is 10.9 Å². The van der Waals surface area contributed by atoms with Gasteiger partial charge in [0.15, 0.2) is 0 Å². The molecule has 0 fully saturated rings. The Kier molecular flexibility index (Phi) is 3.10. The summed E-state index contributed by atoms with van der Waals surface area (Å²) in [6, 6.07) is -0.203. The van der Waals surface area contributed by atoms with Crippen molar-refractivity contribution in [2.75, 3.05) is 0 Å². The van der Waals surface area contributed by atoms with Gasteiger partial charge in [-0.3, -0.25) is 10.5 Å². The number of hydrogen-bond donors (Lipinski definition) is 2. The zero-order valence-electron chi connectivity index (χ0n) is 7.88. The number of nitrogens with two attached hydrogens (primary N) is 1. The van der Waals surface area contributed by atoms with Crippen LogP contribution in [0.2, 0.25) is 0 Å². The Morgan fingerprint density at radius 2 is 2.47 bits per heavy atom. The average Bonchev–Trinajstić information content (AvgIpc) is 2.83. The van der Waals surface area contributed by atoms with Gasteiger partial charge in [0.2, 0.25) is 0 Å². The van der Waals surface area contributed by atoms with E-state index < -0.39 is 0 Å². The van der Waals surface area contributed by atoms with Crippen molar-refractivity contribution in [2.24, 2.45) is 12.9 Å². The van der Waals surface area contributed by atoms with E-state index in [9.17, 15) is 0 Å². The van der Waals surface area contributed by atoms with Crippen LogP contribution in [0.3, 0.4) is 0 Å². The van der Waals surface area contributed by atoms with Crippen molar-refractivity contribution in [1.82, 2.24) is 24.8 Å². The topological polar surface area (TPSA) is 81.7 Å². The van der Waals surface area contributed by atoms with Crippen molar-refractivity contribution >= 4 is 27.5 Å². The maximum atomic E-state index is 5.52. The Labute approximate surface area is 98.7 Å². The molecule has 0 saturated heterocycles. The highest BCUT2D eigenvalue weighted by atomic mass is 79.9. The second kappa shape index (κ2) is 4.35. The van der Waals surface area contributed by atoms with Gasteiger partial charge in [-0.1, -0.05) is 4.49 Å². The molecule has 3 N–H and O–H groups in total. The van der Waals surface area contributed by atoms with E-state index in [-0.39, 0.29) is 6.04 Å². The molecule has 1 atom stereocenters. The van der Waals surface area contributed by atoms with E-state index >= 15 is 0 Å². The van der Waals surface area contributed by atoms with Crippen molar-refractivity contribution in [3.8, 4) is 0 Å². The molecule has 0 radical (unpaired) electrons. The lowest BCUT2D eigenvalue weighted by Gasteiger charge is -2.13. The molecule has 0 aliphatic heterocycles. The van der Waals surface area contributed by atoms with Gasteiger partial charge >= 0.3 is 0 Å². The summed E-state index contributed by atoms with van der Waals surface area (Å²) in [5.74, 6) is 5.52. The van der Waals surface area contributed by atoms with Gasteiger partial charge in [0.25, 0.3) is 0 Å². The molecule has 0 spiro atoms. The summed E-state index contributed by atoms with van der Waals surface area (Å²) in [7, 11) is 1.85. The van der Waals surface area contributed by atoms with Crippen LogP contribution in [0, 0.1) is 0 Å². The molecule has 1 unspecified atom stereocenters. The minimum Gasteiger partial charge on any atom is -0.270 e. The predicted octanol–water partition coefficient (Wildman–Crippen LogP) is 0.587. The minimum absolute atomic E-state index is 0.203. The number of hydrogen-bond acceptors (Lipinski definition) is 6. The Morgan fingerprint density at radius 3 is 2.93 bits per heavy atom. The van der Waals surface area contributed by atoms with Crippen LogP contribution in [0.4, 0.5) is 0 Å². The third-order valence-electron chi connectivity index (χ3n) is 2.05. The van der Waals surface area contributed by atoms with Crippen LogP contribution < -0.4 is 11.3 Å². The summed E-state index contributed by atoms with van der Waals surface area (Å²) in [6.07, 6.45) is 1.72. The number of halogens is 1. The highest BCUT2D eigenvalue weighted by Gasteiger charge is 2.21. The molecule has 0 bridgehead atoms. The van der Waals surface area contributed by atoms with E-state index in [1.807, 2.05) is 12.4 Å². The summed E-state index contributed by atoms with van der Waals surface area (Å²) in [5.41, 5.74) is 4.41. The van der Waals surface area contributed by atoms with Crippen LogP contribution in [-0.4, -0.2) is 19.4 Å². The second-order valence-corrected chi connectivity index (χ2v) is 4.39. The van der Waals surface area contributed by atoms with Gasteiger partial charge in [-0.2, -0.15) is 5.10 Å². The lowest BCUT2D eigenvalue weighted by atomic mass is 10.2. The summed E-state index contributed by atoms with van der Waals surface area (Å²) in [4.78, 5) is 0. The van der Waals surface area contributed by atoms with Gasteiger partial charge in [-0.25, -0.2) is 5.43 Å². The number of hydrazine groups is 1. The zero-order chi connectivity index (χ0) is 10.8. The van der Waals surface area contributed by atoms with E-state index in [0.717, 1.165) is 15.9 Å².